The molecule has 0 saturated heterocycles. The van der Waals surface area contributed by atoms with Crippen molar-refractivity contribution in [1.82, 2.24) is 0 Å². The second-order valence-corrected chi connectivity index (χ2v) is 3.32. The highest BCUT2D eigenvalue weighted by Gasteiger charge is 1.99. The Hall–Kier alpha value is -1.57. The number of carboxylic acid groups (broad SMARTS) is 1. The summed E-state index contributed by atoms with van der Waals surface area (Å²) in [5.41, 5.74) is 2.77. The van der Waals surface area contributed by atoms with Gasteiger partial charge in [0.1, 0.15) is 0 Å². The van der Waals surface area contributed by atoms with E-state index < -0.39 is 5.97 Å². The van der Waals surface area contributed by atoms with Crippen molar-refractivity contribution in [3.8, 4) is 0 Å². The van der Waals surface area contributed by atoms with Crippen LogP contribution in [0.25, 0.3) is 0 Å². The average Bonchev–Trinajstić information content (AvgIpc) is 2.16. The maximum atomic E-state index is 10.5. The highest BCUT2D eigenvalue weighted by atomic mass is 16.4. The minimum Gasteiger partial charge on any atom is -0.478 e. The van der Waals surface area contributed by atoms with E-state index in [0.29, 0.717) is 12.0 Å². The van der Waals surface area contributed by atoms with Gasteiger partial charge in [-0.25, -0.2) is 4.79 Å². The van der Waals surface area contributed by atoms with Gasteiger partial charge in [0, 0.05) is 5.57 Å². The molecule has 0 fully saturated rings. The normalized spacial score (nSPS) is 11.4. The van der Waals surface area contributed by atoms with E-state index in [1.54, 1.807) is 13.0 Å². The molecule has 2 heteroatoms. The molecule has 1 aromatic carbocycles. The largest absolute Gasteiger partial charge is 0.478 e. The minimum absolute atomic E-state index is 0.397. The summed E-state index contributed by atoms with van der Waals surface area (Å²) in [4.78, 5) is 10.5. The lowest BCUT2D eigenvalue weighted by Crippen LogP contribution is -1.97. The molecule has 1 N–H and O–H groups in total. The van der Waals surface area contributed by atoms with Gasteiger partial charge in [-0.05, 0) is 31.4 Å². The molecule has 0 amide bonds. The van der Waals surface area contributed by atoms with Crippen molar-refractivity contribution in [2.45, 2.75) is 20.3 Å². The number of allylic oxidation sites excluding steroid dienone is 1. The van der Waals surface area contributed by atoms with Gasteiger partial charge in [-0.1, -0.05) is 30.3 Å². The van der Waals surface area contributed by atoms with Crippen LogP contribution in [0.4, 0.5) is 0 Å². The second kappa shape index (κ2) is 4.61. The van der Waals surface area contributed by atoms with E-state index in [9.17, 15) is 4.79 Å². The quantitative estimate of drug-likeness (QED) is 0.744. The molecule has 74 valence electrons. The Labute approximate surface area is 83.9 Å². The van der Waals surface area contributed by atoms with E-state index in [0.717, 1.165) is 0 Å². The van der Waals surface area contributed by atoms with E-state index >= 15 is 0 Å². The first-order valence-electron chi connectivity index (χ1n) is 4.56. The van der Waals surface area contributed by atoms with Crippen LogP contribution in [0, 0.1) is 6.92 Å². The molecule has 0 aliphatic carbocycles. The van der Waals surface area contributed by atoms with Crippen LogP contribution in [-0.4, -0.2) is 11.1 Å². The maximum Gasteiger partial charge on any atom is 0.330 e. The number of hydrogen-bond donors (Lipinski definition) is 1. The zero-order chi connectivity index (χ0) is 10.6. The topological polar surface area (TPSA) is 37.3 Å². The highest BCUT2D eigenvalue weighted by molar-refractivity contribution is 5.85. The van der Waals surface area contributed by atoms with Crippen molar-refractivity contribution >= 4 is 5.97 Å². The van der Waals surface area contributed by atoms with Crippen LogP contribution >= 0.6 is 0 Å². The van der Waals surface area contributed by atoms with Crippen molar-refractivity contribution in [3.63, 3.8) is 0 Å². The highest BCUT2D eigenvalue weighted by Crippen LogP contribution is 2.09. The molecule has 14 heavy (non-hydrogen) atoms. The van der Waals surface area contributed by atoms with Crippen LogP contribution in [0.5, 0.6) is 0 Å². The third-order valence-electron chi connectivity index (χ3n) is 2.23. The molecular formula is C12H14O2. The summed E-state index contributed by atoms with van der Waals surface area (Å²) in [7, 11) is 0. The zero-order valence-electron chi connectivity index (χ0n) is 8.45. The molecule has 0 saturated carbocycles. The molecule has 0 aliphatic rings. The first-order chi connectivity index (χ1) is 6.61. The fourth-order valence-corrected chi connectivity index (χ4v) is 1.19. The number of benzene rings is 1. The predicted octanol–water partition coefficient (Wildman–Crippen LogP) is 2.57. The van der Waals surface area contributed by atoms with Crippen LogP contribution in [-0.2, 0) is 11.2 Å². The molecular weight excluding hydrogens is 176 g/mol. The summed E-state index contributed by atoms with van der Waals surface area (Å²) in [5.74, 6) is -0.849. The lowest BCUT2D eigenvalue weighted by molar-refractivity contribution is -0.132. The summed E-state index contributed by atoms with van der Waals surface area (Å²) in [6.07, 6.45) is 2.43. The number of hydrogen-bond acceptors (Lipinski definition) is 1. The number of rotatable bonds is 3. The summed E-state index contributed by atoms with van der Waals surface area (Å²) >= 11 is 0. The minimum atomic E-state index is -0.849. The number of aliphatic carboxylic acids is 1. The first-order valence-corrected chi connectivity index (χ1v) is 4.56. The lowest BCUT2D eigenvalue weighted by atomic mass is 10.0. The van der Waals surface area contributed by atoms with E-state index in [2.05, 4.69) is 0 Å². The van der Waals surface area contributed by atoms with Crippen molar-refractivity contribution in [2.24, 2.45) is 0 Å². The number of carboxylic acids is 1. The Bertz CT molecular complexity index is 364. The molecule has 0 aromatic heterocycles. The molecule has 0 heterocycles. The van der Waals surface area contributed by atoms with Crippen molar-refractivity contribution in [2.75, 3.05) is 0 Å². The van der Waals surface area contributed by atoms with Crippen LogP contribution < -0.4 is 0 Å². The Balaban J connectivity index is 2.76. The summed E-state index contributed by atoms with van der Waals surface area (Å²) in [6.45, 7) is 3.64. The Morgan fingerprint density at radius 3 is 2.64 bits per heavy atom. The lowest BCUT2D eigenvalue weighted by Gasteiger charge is -2.01. The fraction of sp³-hybridized carbons (Fsp3) is 0.250. The van der Waals surface area contributed by atoms with E-state index in [4.69, 9.17) is 5.11 Å². The average molecular weight is 190 g/mol. The van der Waals surface area contributed by atoms with Gasteiger partial charge in [-0.15, -0.1) is 0 Å². The summed E-state index contributed by atoms with van der Waals surface area (Å²) in [5, 5.41) is 8.66. The van der Waals surface area contributed by atoms with Crippen LogP contribution in [0.2, 0.25) is 0 Å². The smallest absolute Gasteiger partial charge is 0.330 e. The predicted molar refractivity (Wildman–Crippen MR) is 56.3 cm³/mol. The number of aryl methyl sites for hydroxylation is 1. The van der Waals surface area contributed by atoms with Crippen molar-refractivity contribution in [1.29, 1.82) is 0 Å². The fourth-order valence-electron chi connectivity index (χ4n) is 1.19. The van der Waals surface area contributed by atoms with Crippen molar-refractivity contribution < 1.29 is 9.90 Å². The Morgan fingerprint density at radius 1 is 1.43 bits per heavy atom. The van der Waals surface area contributed by atoms with Crippen LogP contribution in [0.15, 0.2) is 35.9 Å². The van der Waals surface area contributed by atoms with Gasteiger partial charge in [0.05, 0.1) is 0 Å². The van der Waals surface area contributed by atoms with Gasteiger partial charge in [-0.3, -0.25) is 0 Å². The van der Waals surface area contributed by atoms with Crippen molar-refractivity contribution in [3.05, 3.63) is 47.0 Å². The standard InChI is InChI=1S/C12H14O2/c1-9-5-3-4-6-11(9)8-7-10(2)12(13)14/h3-7H,8H2,1-2H3,(H,13,14)/b10-7+. The molecule has 0 atom stereocenters. The SMILES string of the molecule is C/C(=C\Cc1ccccc1C)C(=O)O. The maximum absolute atomic E-state index is 10.5. The van der Waals surface area contributed by atoms with E-state index in [1.807, 2.05) is 31.2 Å². The van der Waals surface area contributed by atoms with Crippen LogP contribution in [0.3, 0.4) is 0 Å². The van der Waals surface area contributed by atoms with Gasteiger partial charge in [0.25, 0.3) is 0 Å². The molecule has 0 spiro atoms. The van der Waals surface area contributed by atoms with Gasteiger partial charge >= 0.3 is 5.97 Å². The number of carbonyl (C=O) groups is 1. The zero-order valence-corrected chi connectivity index (χ0v) is 8.45. The third kappa shape index (κ3) is 2.73. The Morgan fingerprint density at radius 2 is 2.07 bits per heavy atom. The van der Waals surface area contributed by atoms with Gasteiger partial charge < -0.3 is 5.11 Å². The second-order valence-electron chi connectivity index (χ2n) is 3.32. The molecule has 0 aliphatic heterocycles. The first kappa shape index (κ1) is 10.5. The molecule has 0 unspecified atom stereocenters. The third-order valence-corrected chi connectivity index (χ3v) is 2.23. The Kier molecular flexibility index (Phi) is 3.46. The van der Waals surface area contributed by atoms with Gasteiger partial charge in [-0.2, -0.15) is 0 Å². The van der Waals surface area contributed by atoms with E-state index in [-0.39, 0.29) is 0 Å². The molecule has 1 aromatic rings. The van der Waals surface area contributed by atoms with Gasteiger partial charge in [0.2, 0.25) is 0 Å². The molecule has 2 nitrogen and oxygen atoms in total. The van der Waals surface area contributed by atoms with Gasteiger partial charge in [0.15, 0.2) is 0 Å². The van der Waals surface area contributed by atoms with E-state index in [1.165, 1.54) is 11.1 Å². The molecule has 0 bridgehead atoms. The summed E-state index contributed by atoms with van der Waals surface area (Å²) < 4.78 is 0. The molecule has 1 rings (SSSR count). The summed E-state index contributed by atoms with van der Waals surface area (Å²) in [6, 6.07) is 7.99. The van der Waals surface area contributed by atoms with Crippen LogP contribution in [0.1, 0.15) is 18.1 Å². The monoisotopic (exact) mass is 190 g/mol. The molecule has 0 radical (unpaired) electrons.